The number of rotatable bonds is 4. The topological polar surface area (TPSA) is 55.2 Å². The summed E-state index contributed by atoms with van der Waals surface area (Å²) < 4.78 is 25.5. The lowest BCUT2D eigenvalue weighted by molar-refractivity contribution is 0.168. The maximum Gasteiger partial charge on any atom is 0.150 e. The quantitative estimate of drug-likeness (QED) is 0.848. The van der Waals surface area contributed by atoms with Gasteiger partial charge in [0.15, 0.2) is 9.84 Å². The van der Waals surface area contributed by atoms with Crippen LogP contribution in [0, 0.1) is 5.92 Å². The van der Waals surface area contributed by atoms with Crippen molar-refractivity contribution in [1.82, 2.24) is 14.5 Å². The fraction of sp³-hybridized carbons (Fsp3) is 0.812. The predicted octanol–water partition coefficient (Wildman–Crippen LogP) is 1.91. The minimum absolute atomic E-state index is 0.258. The van der Waals surface area contributed by atoms with E-state index in [9.17, 15) is 8.42 Å². The maximum absolute atomic E-state index is 11.6. The monoisotopic (exact) mass is 325 g/mol. The van der Waals surface area contributed by atoms with Gasteiger partial charge < -0.3 is 9.47 Å². The fourth-order valence-electron chi connectivity index (χ4n) is 3.80. The van der Waals surface area contributed by atoms with Gasteiger partial charge >= 0.3 is 0 Å². The largest absolute Gasteiger partial charge is 0.334 e. The summed E-state index contributed by atoms with van der Waals surface area (Å²) in [5.41, 5.74) is 0. The number of hydrogen-bond donors (Lipinski definition) is 0. The van der Waals surface area contributed by atoms with E-state index in [-0.39, 0.29) is 5.92 Å². The predicted molar refractivity (Wildman–Crippen MR) is 87.7 cm³/mol. The van der Waals surface area contributed by atoms with E-state index in [1.807, 2.05) is 12.4 Å². The van der Waals surface area contributed by atoms with Crippen LogP contribution in [-0.4, -0.2) is 53.5 Å². The van der Waals surface area contributed by atoms with Gasteiger partial charge in [-0.05, 0) is 52.1 Å². The lowest BCUT2D eigenvalue weighted by atomic mass is 9.95. The highest BCUT2D eigenvalue weighted by atomic mass is 32.2. The molecule has 5 nitrogen and oxygen atoms in total. The van der Waals surface area contributed by atoms with Crippen LogP contribution >= 0.6 is 0 Å². The molecule has 0 aliphatic carbocycles. The van der Waals surface area contributed by atoms with Gasteiger partial charge in [0.05, 0.1) is 11.5 Å². The molecule has 1 aromatic heterocycles. The second kappa shape index (κ2) is 6.32. The van der Waals surface area contributed by atoms with Gasteiger partial charge in [-0.3, -0.25) is 0 Å². The van der Waals surface area contributed by atoms with Gasteiger partial charge in [0.1, 0.15) is 5.82 Å². The number of hydrogen-bond acceptors (Lipinski definition) is 4. The van der Waals surface area contributed by atoms with Crippen molar-refractivity contribution in [2.45, 2.75) is 51.6 Å². The van der Waals surface area contributed by atoms with Crippen LogP contribution in [0.4, 0.5) is 0 Å². The van der Waals surface area contributed by atoms with Gasteiger partial charge in [-0.15, -0.1) is 0 Å². The molecule has 0 amide bonds. The summed E-state index contributed by atoms with van der Waals surface area (Å²) in [6.07, 6.45) is 6.99. The van der Waals surface area contributed by atoms with Crippen molar-refractivity contribution >= 4 is 9.84 Å². The molecule has 2 aliphatic rings. The van der Waals surface area contributed by atoms with E-state index in [0.717, 1.165) is 44.7 Å². The average molecular weight is 325 g/mol. The molecule has 3 heterocycles. The zero-order chi connectivity index (χ0) is 15.7. The SMILES string of the molecule is CC(C)N1CCC(c2nccn2CC2CCS(=O)(=O)C2)CC1. The first-order chi connectivity index (χ1) is 10.4. The van der Waals surface area contributed by atoms with Crippen molar-refractivity contribution in [3.63, 3.8) is 0 Å². The molecule has 3 rings (SSSR count). The summed E-state index contributed by atoms with van der Waals surface area (Å²) >= 11 is 0. The first kappa shape index (κ1) is 16.0. The lowest BCUT2D eigenvalue weighted by Crippen LogP contribution is -2.38. The van der Waals surface area contributed by atoms with Crippen LogP contribution in [0.1, 0.15) is 44.9 Å². The third kappa shape index (κ3) is 3.54. The third-order valence-electron chi connectivity index (χ3n) is 5.15. The van der Waals surface area contributed by atoms with Gasteiger partial charge in [-0.1, -0.05) is 0 Å². The molecule has 1 unspecified atom stereocenters. The summed E-state index contributed by atoms with van der Waals surface area (Å²) in [5, 5.41) is 0. The number of aromatic nitrogens is 2. The van der Waals surface area contributed by atoms with Gasteiger partial charge in [0.2, 0.25) is 0 Å². The molecule has 0 N–H and O–H groups in total. The Morgan fingerprint density at radius 2 is 2.00 bits per heavy atom. The van der Waals surface area contributed by atoms with Crippen molar-refractivity contribution in [2.75, 3.05) is 24.6 Å². The smallest absolute Gasteiger partial charge is 0.150 e. The minimum Gasteiger partial charge on any atom is -0.334 e. The van der Waals surface area contributed by atoms with E-state index >= 15 is 0 Å². The van der Waals surface area contributed by atoms with E-state index in [1.54, 1.807) is 0 Å². The molecule has 2 aliphatic heterocycles. The minimum atomic E-state index is -2.79. The van der Waals surface area contributed by atoms with Crippen molar-refractivity contribution in [3.05, 3.63) is 18.2 Å². The van der Waals surface area contributed by atoms with Crippen LogP contribution in [0.5, 0.6) is 0 Å². The second-order valence-corrected chi connectivity index (χ2v) is 9.34. The molecule has 0 spiro atoms. The molecule has 1 aromatic rings. The summed E-state index contributed by atoms with van der Waals surface area (Å²) in [4.78, 5) is 7.10. The molecule has 124 valence electrons. The Hall–Kier alpha value is -0.880. The van der Waals surface area contributed by atoms with Gasteiger partial charge in [-0.25, -0.2) is 13.4 Å². The number of nitrogens with zero attached hydrogens (tertiary/aromatic N) is 3. The highest BCUT2D eigenvalue weighted by Gasteiger charge is 2.30. The zero-order valence-corrected chi connectivity index (χ0v) is 14.4. The molecule has 0 saturated carbocycles. The maximum atomic E-state index is 11.6. The van der Waals surface area contributed by atoms with E-state index in [1.165, 1.54) is 0 Å². The van der Waals surface area contributed by atoms with Crippen LogP contribution in [0.2, 0.25) is 0 Å². The van der Waals surface area contributed by atoms with Crippen LogP contribution in [0.3, 0.4) is 0 Å². The van der Waals surface area contributed by atoms with E-state index < -0.39 is 9.84 Å². The molecule has 6 heteroatoms. The first-order valence-electron chi connectivity index (χ1n) is 8.40. The fourth-order valence-corrected chi connectivity index (χ4v) is 5.65. The highest BCUT2D eigenvalue weighted by molar-refractivity contribution is 7.91. The van der Waals surface area contributed by atoms with Crippen LogP contribution < -0.4 is 0 Å². The Morgan fingerprint density at radius 1 is 1.27 bits per heavy atom. The summed E-state index contributed by atoms with van der Waals surface area (Å²) in [6.45, 7) is 7.57. The average Bonchev–Trinajstić information content (AvgIpc) is 3.06. The van der Waals surface area contributed by atoms with Crippen molar-refractivity contribution in [1.29, 1.82) is 0 Å². The Bertz CT molecular complexity index is 601. The van der Waals surface area contributed by atoms with Gasteiger partial charge in [-0.2, -0.15) is 0 Å². The molecule has 2 fully saturated rings. The van der Waals surface area contributed by atoms with E-state index in [4.69, 9.17) is 0 Å². The molecule has 0 bridgehead atoms. The molecular formula is C16H27N3O2S. The van der Waals surface area contributed by atoms with Crippen LogP contribution in [0.15, 0.2) is 12.4 Å². The van der Waals surface area contributed by atoms with Crippen LogP contribution in [-0.2, 0) is 16.4 Å². The molecule has 1 atom stereocenters. The molecule has 0 aromatic carbocycles. The third-order valence-corrected chi connectivity index (χ3v) is 6.99. The molecular weight excluding hydrogens is 298 g/mol. The number of sulfone groups is 1. The summed E-state index contributed by atoms with van der Waals surface area (Å²) in [7, 11) is -2.79. The second-order valence-electron chi connectivity index (χ2n) is 7.11. The number of imidazole rings is 1. The van der Waals surface area contributed by atoms with Crippen LogP contribution in [0.25, 0.3) is 0 Å². The van der Waals surface area contributed by atoms with Gasteiger partial charge in [0, 0.05) is 30.9 Å². The standard InChI is InChI=1S/C16H27N3O2S/c1-13(2)18-7-3-15(4-8-18)16-17-6-9-19(16)11-14-5-10-22(20,21)12-14/h6,9,13-15H,3-5,7-8,10-12H2,1-2H3. The molecule has 0 radical (unpaired) electrons. The first-order valence-corrected chi connectivity index (χ1v) is 10.2. The zero-order valence-electron chi connectivity index (χ0n) is 13.6. The highest BCUT2D eigenvalue weighted by Crippen LogP contribution is 2.29. The van der Waals surface area contributed by atoms with E-state index in [2.05, 4.69) is 28.3 Å². The Kier molecular flexibility index (Phi) is 4.59. The molecule has 2 saturated heterocycles. The van der Waals surface area contributed by atoms with Crippen molar-refractivity contribution in [2.24, 2.45) is 5.92 Å². The summed E-state index contributed by atoms with van der Waals surface area (Å²) in [6, 6.07) is 0.615. The number of piperidine rings is 1. The Morgan fingerprint density at radius 3 is 2.59 bits per heavy atom. The van der Waals surface area contributed by atoms with Crippen molar-refractivity contribution in [3.8, 4) is 0 Å². The van der Waals surface area contributed by atoms with E-state index in [0.29, 0.717) is 23.5 Å². The lowest BCUT2D eigenvalue weighted by Gasteiger charge is -2.34. The number of likely N-dealkylation sites (tertiary alicyclic amines) is 1. The Balaban J connectivity index is 1.63. The molecule has 22 heavy (non-hydrogen) atoms. The summed E-state index contributed by atoms with van der Waals surface area (Å²) in [5.74, 6) is 2.63. The normalized spacial score (nSPS) is 26.8. The Labute approximate surface area is 133 Å². The van der Waals surface area contributed by atoms with Gasteiger partial charge in [0.25, 0.3) is 0 Å². The van der Waals surface area contributed by atoms with Crippen molar-refractivity contribution < 1.29 is 8.42 Å².